The van der Waals surface area contributed by atoms with Crippen LogP contribution in [0.4, 0.5) is 0 Å². The number of rotatable bonds is 18. The molecule has 4 N–H and O–H groups in total. The van der Waals surface area contributed by atoms with Gasteiger partial charge in [0.05, 0.1) is 36.0 Å². The number of aromatic nitrogens is 9. The SMILES string of the molecule is CC(=O)O.CCn1c(=N)c(C(=O)OCCCOC)cc2c(=O)n3cccc(C)c3nc21.CCn1c(=N)c(C(=O)OCCCOC)cc2c(=O)n3cccc(C)c3nc21.CCn1c(=N)c(C(=O)OCCCOC)cc2c(=O)n3cccc(C)c3nc21. The molecule has 85 heavy (non-hydrogen) atoms. The Kier molecular flexibility index (Phi) is 22.5. The molecule has 0 saturated heterocycles. The van der Waals surface area contributed by atoms with Gasteiger partial charge in [-0.3, -0.25) is 48.6 Å². The van der Waals surface area contributed by atoms with E-state index in [0.717, 1.165) is 23.6 Å². The number of carboxylic acids is 1. The van der Waals surface area contributed by atoms with Gasteiger partial charge in [-0.2, -0.15) is 0 Å². The maximum absolute atomic E-state index is 13.0. The summed E-state index contributed by atoms with van der Waals surface area (Å²) < 4.78 is 39.5. The third kappa shape index (κ3) is 14.5. The molecule has 9 aromatic rings. The third-order valence-corrected chi connectivity index (χ3v) is 13.2. The lowest BCUT2D eigenvalue weighted by Crippen LogP contribution is -2.30. The number of carboxylic acid groups (broad SMARTS) is 1. The Bertz CT molecular complexity index is 3930. The van der Waals surface area contributed by atoms with Gasteiger partial charge in [0.2, 0.25) is 0 Å². The molecule has 26 nitrogen and oxygen atoms in total. The Balaban J connectivity index is 0.000000198. The van der Waals surface area contributed by atoms with Crippen molar-refractivity contribution in [2.45, 2.75) is 87.4 Å². The number of esters is 3. The van der Waals surface area contributed by atoms with Gasteiger partial charge in [0.1, 0.15) is 67.0 Å². The number of aliphatic carboxylic acids is 1. The molecule has 0 aliphatic heterocycles. The van der Waals surface area contributed by atoms with E-state index in [1.165, 1.54) is 31.4 Å². The van der Waals surface area contributed by atoms with Crippen LogP contribution in [0.25, 0.3) is 50.0 Å². The van der Waals surface area contributed by atoms with Crippen LogP contribution in [-0.4, -0.2) is 132 Å². The molecule has 0 aromatic carbocycles. The molecule has 0 radical (unpaired) electrons. The zero-order valence-corrected chi connectivity index (χ0v) is 49.2. The molecule has 9 rings (SSSR count). The lowest BCUT2D eigenvalue weighted by atomic mass is 10.2. The Morgan fingerprint density at radius 1 is 0.459 bits per heavy atom. The van der Waals surface area contributed by atoms with E-state index in [-0.39, 0.29) is 85.8 Å². The summed E-state index contributed by atoms with van der Waals surface area (Å²) in [6, 6.07) is 15.2. The zero-order valence-electron chi connectivity index (χ0n) is 49.2. The summed E-state index contributed by atoms with van der Waals surface area (Å²) in [7, 11) is 4.72. The molecule has 9 aromatic heterocycles. The van der Waals surface area contributed by atoms with Crippen molar-refractivity contribution in [1.29, 1.82) is 16.2 Å². The van der Waals surface area contributed by atoms with Crippen molar-refractivity contribution in [3.05, 3.63) is 154 Å². The van der Waals surface area contributed by atoms with Crippen LogP contribution < -0.4 is 33.1 Å². The number of carbonyl (C=O) groups is 4. The van der Waals surface area contributed by atoms with E-state index in [2.05, 4.69) is 15.0 Å². The van der Waals surface area contributed by atoms with Crippen molar-refractivity contribution in [2.24, 2.45) is 0 Å². The van der Waals surface area contributed by atoms with Crippen molar-refractivity contribution in [1.82, 2.24) is 41.9 Å². The van der Waals surface area contributed by atoms with Crippen LogP contribution in [0.15, 0.2) is 87.6 Å². The third-order valence-electron chi connectivity index (χ3n) is 13.2. The summed E-state index contributed by atoms with van der Waals surface area (Å²) in [5.41, 5.74) is 4.56. The minimum Gasteiger partial charge on any atom is -0.481 e. The highest BCUT2D eigenvalue weighted by atomic mass is 16.5. The number of fused-ring (bicyclic) bond motifs is 6. The van der Waals surface area contributed by atoms with E-state index >= 15 is 0 Å². The minimum absolute atomic E-state index is 0.0217. The van der Waals surface area contributed by atoms with Crippen LogP contribution in [0.3, 0.4) is 0 Å². The number of hydrogen-bond acceptors (Lipinski definition) is 19. The normalized spacial score (nSPS) is 11.0. The first kappa shape index (κ1) is 64.6. The Hall–Kier alpha value is -9.53. The maximum atomic E-state index is 13.0. The molecule has 26 heteroatoms. The lowest BCUT2D eigenvalue weighted by molar-refractivity contribution is -0.134. The van der Waals surface area contributed by atoms with Crippen molar-refractivity contribution in [3.63, 3.8) is 0 Å². The average molecular weight is 1170 g/mol. The predicted molar refractivity (Wildman–Crippen MR) is 313 cm³/mol. The number of nitrogens with zero attached hydrogens (tertiary/aromatic N) is 9. The highest BCUT2D eigenvalue weighted by Gasteiger charge is 2.22. The van der Waals surface area contributed by atoms with Crippen LogP contribution in [0.1, 0.15) is 94.7 Å². The lowest BCUT2D eigenvalue weighted by Gasteiger charge is -2.13. The molecular weight excluding hydrogens is 1100 g/mol. The minimum atomic E-state index is -0.833. The standard InChI is InChI=1S/3C19H22N4O4.C2H4O2/c3*1-4-22-15(20)13(19(25)27-10-6-9-26-3)11-14-17(22)21-16-12(2)7-5-8-23(16)18(14)24;1-2(3)4/h3*5,7-8,11,20H,4,6,9-10H2,1-3H3;1H3,(H,3,4). The number of hydrogen-bond donors (Lipinski definition) is 4. The van der Waals surface area contributed by atoms with Crippen LogP contribution in [0.5, 0.6) is 0 Å². The Labute approximate surface area is 485 Å². The highest BCUT2D eigenvalue weighted by molar-refractivity contribution is 5.95. The number of methoxy groups -OCH3 is 3. The monoisotopic (exact) mass is 1170 g/mol. The smallest absolute Gasteiger partial charge is 0.341 e. The van der Waals surface area contributed by atoms with Crippen LogP contribution >= 0.6 is 0 Å². The molecule has 450 valence electrons. The molecule has 0 bridgehead atoms. The largest absolute Gasteiger partial charge is 0.481 e. The maximum Gasteiger partial charge on any atom is 0.341 e. The Morgan fingerprint density at radius 2 is 0.706 bits per heavy atom. The molecule has 0 unspecified atom stereocenters. The van der Waals surface area contributed by atoms with Crippen molar-refractivity contribution < 1.29 is 52.7 Å². The topological polar surface area (TPSA) is 333 Å². The fraction of sp³-hybridized carbons (Fsp3) is 0.373. The number of pyridine rings is 6. The molecular formula is C59H70N12O14. The van der Waals surface area contributed by atoms with Gasteiger partial charge < -0.3 is 47.2 Å². The second-order valence-corrected chi connectivity index (χ2v) is 19.0. The predicted octanol–water partition coefficient (Wildman–Crippen LogP) is 5.04. The molecule has 0 aliphatic rings. The molecule has 0 spiro atoms. The van der Waals surface area contributed by atoms with Crippen molar-refractivity contribution in [3.8, 4) is 0 Å². The van der Waals surface area contributed by atoms with Gasteiger partial charge in [0.15, 0.2) is 0 Å². The molecule has 0 saturated carbocycles. The summed E-state index contributed by atoms with van der Waals surface area (Å²) in [5.74, 6) is -2.73. The van der Waals surface area contributed by atoms with Gasteiger partial charge in [-0.05, 0) is 94.6 Å². The summed E-state index contributed by atoms with van der Waals surface area (Å²) in [4.78, 5) is 99.0. The van der Waals surface area contributed by atoms with E-state index in [0.29, 0.717) is 92.6 Å². The van der Waals surface area contributed by atoms with Gasteiger partial charge in [0.25, 0.3) is 22.6 Å². The van der Waals surface area contributed by atoms with Crippen molar-refractivity contribution in [2.75, 3.05) is 61.0 Å². The van der Waals surface area contributed by atoms with Crippen LogP contribution in [0, 0.1) is 37.0 Å². The van der Waals surface area contributed by atoms with E-state index in [4.69, 9.17) is 54.6 Å². The van der Waals surface area contributed by atoms with E-state index < -0.39 is 23.9 Å². The highest BCUT2D eigenvalue weighted by Crippen LogP contribution is 2.17. The number of carbonyl (C=O) groups excluding carboxylic acids is 3. The summed E-state index contributed by atoms with van der Waals surface area (Å²) in [6.45, 7) is 15.4. The summed E-state index contributed by atoms with van der Waals surface area (Å²) >= 11 is 0. The molecule has 0 fully saturated rings. The molecule has 0 aliphatic carbocycles. The van der Waals surface area contributed by atoms with Gasteiger partial charge >= 0.3 is 17.9 Å². The fourth-order valence-corrected chi connectivity index (χ4v) is 9.02. The zero-order chi connectivity index (χ0) is 62.2. The van der Waals surface area contributed by atoms with E-state index in [9.17, 15) is 28.8 Å². The molecule has 9 heterocycles. The van der Waals surface area contributed by atoms with Gasteiger partial charge in [-0.1, -0.05) is 18.2 Å². The first-order chi connectivity index (χ1) is 40.7. The van der Waals surface area contributed by atoms with Crippen LogP contribution in [0.2, 0.25) is 0 Å². The van der Waals surface area contributed by atoms with Crippen LogP contribution in [-0.2, 0) is 52.8 Å². The quantitative estimate of drug-likeness (QED) is 0.0378. The number of ether oxygens (including phenoxy) is 6. The average Bonchev–Trinajstić information content (AvgIpc) is 0.917. The summed E-state index contributed by atoms with van der Waals surface area (Å²) in [6.07, 6.45) is 6.61. The number of nitrogens with one attached hydrogen (secondary N) is 3. The van der Waals surface area contributed by atoms with Gasteiger partial charge in [-0.25, -0.2) is 29.3 Å². The first-order valence-corrected chi connectivity index (χ1v) is 27.2. The van der Waals surface area contributed by atoms with E-state index in [1.54, 1.807) is 71.8 Å². The van der Waals surface area contributed by atoms with Gasteiger partial charge in [0, 0.05) is 106 Å². The Morgan fingerprint density at radius 3 is 0.929 bits per heavy atom. The fourth-order valence-electron chi connectivity index (χ4n) is 9.02. The summed E-state index contributed by atoms with van der Waals surface area (Å²) in [5, 5.41) is 33.4. The second kappa shape index (κ2) is 29.6. The van der Waals surface area contributed by atoms with Gasteiger partial charge in [-0.15, -0.1) is 0 Å². The van der Waals surface area contributed by atoms with Crippen molar-refractivity contribution >= 4 is 73.9 Å². The molecule has 0 amide bonds. The number of aryl methyl sites for hydroxylation is 6. The second-order valence-electron chi connectivity index (χ2n) is 19.0. The van der Waals surface area contributed by atoms with E-state index in [1.807, 2.05) is 59.7 Å². The molecule has 0 atom stereocenters. The first-order valence-electron chi connectivity index (χ1n) is 27.2.